The van der Waals surface area contributed by atoms with Gasteiger partial charge in [0.25, 0.3) is 5.91 Å². The molecule has 1 aliphatic heterocycles. The Labute approximate surface area is 96.3 Å². The average Bonchev–Trinajstić information content (AvgIpc) is 2.27. The largest absolute Gasteiger partial charge is 0.376 e. The van der Waals surface area contributed by atoms with Crippen LogP contribution in [0.25, 0.3) is 0 Å². The van der Waals surface area contributed by atoms with E-state index in [1.807, 2.05) is 6.92 Å². The molecule has 1 fully saturated rings. The highest BCUT2D eigenvalue weighted by Crippen LogP contribution is 2.06. The topological polar surface area (TPSA) is 64.8 Å². The van der Waals surface area contributed by atoms with Gasteiger partial charge < -0.3 is 20.1 Å². The molecule has 1 heterocycles. The molecule has 15 heavy (non-hydrogen) atoms. The van der Waals surface area contributed by atoms with Gasteiger partial charge in [0.05, 0.1) is 19.8 Å². The lowest BCUT2D eigenvalue weighted by atomic mass is 10.2. The SMILES string of the molecule is CC(CN)N(C)C(=O)C1COCCO1.Cl. The molecule has 1 rings (SSSR count). The van der Waals surface area contributed by atoms with Crippen LogP contribution in [0.3, 0.4) is 0 Å². The van der Waals surface area contributed by atoms with Gasteiger partial charge in [-0.25, -0.2) is 0 Å². The molecule has 0 spiro atoms. The van der Waals surface area contributed by atoms with E-state index >= 15 is 0 Å². The summed E-state index contributed by atoms with van der Waals surface area (Å²) in [5.74, 6) is -0.0531. The van der Waals surface area contributed by atoms with Crippen molar-refractivity contribution in [2.75, 3.05) is 33.4 Å². The number of rotatable bonds is 3. The lowest BCUT2D eigenvalue weighted by molar-refractivity contribution is -0.158. The van der Waals surface area contributed by atoms with Crippen LogP contribution in [-0.2, 0) is 14.3 Å². The minimum absolute atomic E-state index is 0. The van der Waals surface area contributed by atoms with Gasteiger partial charge in [-0.05, 0) is 6.92 Å². The van der Waals surface area contributed by atoms with Crippen molar-refractivity contribution >= 4 is 18.3 Å². The molecule has 0 radical (unpaired) electrons. The van der Waals surface area contributed by atoms with Crippen LogP contribution >= 0.6 is 12.4 Å². The van der Waals surface area contributed by atoms with Crippen molar-refractivity contribution in [1.29, 1.82) is 0 Å². The molecule has 2 unspecified atom stereocenters. The molecular formula is C9H19ClN2O3. The molecular weight excluding hydrogens is 220 g/mol. The molecule has 2 atom stereocenters. The van der Waals surface area contributed by atoms with Crippen LogP contribution in [0.4, 0.5) is 0 Å². The maximum Gasteiger partial charge on any atom is 0.254 e. The lowest BCUT2D eigenvalue weighted by Crippen LogP contribution is -2.48. The van der Waals surface area contributed by atoms with Crippen molar-refractivity contribution in [3.8, 4) is 0 Å². The zero-order valence-corrected chi connectivity index (χ0v) is 9.96. The van der Waals surface area contributed by atoms with Crippen molar-refractivity contribution in [2.45, 2.75) is 19.1 Å². The van der Waals surface area contributed by atoms with Crippen LogP contribution in [0.1, 0.15) is 6.92 Å². The van der Waals surface area contributed by atoms with Gasteiger partial charge in [0.1, 0.15) is 0 Å². The monoisotopic (exact) mass is 238 g/mol. The fourth-order valence-corrected chi connectivity index (χ4v) is 1.23. The standard InChI is InChI=1S/C9H18N2O3.ClH/c1-7(5-10)11(2)9(12)8-6-13-3-4-14-8;/h7-8H,3-6,10H2,1-2H3;1H. The summed E-state index contributed by atoms with van der Waals surface area (Å²) in [6.07, 6.45) is -0.456. The van der Waals surface area contributed by atoms with E-state index < -0.39 is 6.10 Å². The van der Waals surface area contributed by atoms with Crippen LogP contribution in [0.5, 0.6) is 0 Å². The van der Waals surface area contributed by atoms with Crippen LogP contribution in [0.15, 0.2) is 0 Å². The fourth-order valence-electron chi connectivity index (χ4n) is 1.23. The summed E-state index contributed by atoms with van der Waals surface area (Å²) in [5.41, 5.74) is 5.47. The van der Waals surface area contributed by atoms with Gasteiger partial charge in [-0.1, -0.05) is 0 Å². The quantitative estimate of drug-likeness (QED) is 0.729. The number of hydrogen-bond donors (Lipinski definition) is 1. The second-order valence-corrected chi connectivity index (χ2v) is 3.47. The minimum Gasteiger partial charge on any atom is -0.376 e. The number of nitrogens with two attached hydrogens (primary N) is 1. The highest BCUT2D eigenvalue weighted by molar-refractivity contribution is 5.85. The number of nitrogens with zero attached hydrogens (tertiary/aromatic N) is 1. The summed E-state index contributed by atoms with van der Waals surface area (Å²) < 4.78 is 10.5. The maximum absolute atomic E-state index is 11.8. The Bertz CT molecular complexity index is 194. The van der Waals surface area contributed by atoms with Crippen molar-refractivity contribution in [1.82, 2.24) is 4.90 Å². The van der Waals surface area contributed by atoms with E-state index in [0.717, 1.165) is 0 Å². The van der Waals surface area contributed by atoms with Gasteiger partial charge in [-0.3, -0.25) is 4.79 Å². The Morgan fingerprint density at radius 3 is 2.73 bits per heavy atom. The van der Waals surface area contributed by atoms with Gasteiger partial charge in [0.15, 0.2) is 6.10 Å². The first-order valence-electron chi connectivity index (χ1n) is 4.83. The number of ether oxygens (including phenoxy) is 2. The van der Waals surface area contributed by atoms with Crippen LogP contribution in [0.2, 0.25) is 0 Å². The van der Waals surface area contributed by atoms with Gasteiger partial charge in [0.2, 0.25) is 0 Å². The number of carbonyl (C=O) groups excluding carboxylic acids is 1. The molecule has 1 amide bonds. The fraction of sp³-hybridized carbons (Fsp3) is 0.889. The first-order valence-corrected chi connectivity index (χ1v) is 4.83. The Hall–Kier alpha value is -0.360. The lowest BCUT2D eigenvalue weighted by Gasteiger charge is -2.30. The molecule has 0 aromatic heterocycles. The molecule has 0 aromatic carbocycles. The zero-order chi connectivity index (χ0) is 10.6. The zero-order valence-electron chi connectivity index (χ0n) is 9.14. The minimum atomic E-state index is -0.456. The molecule has 6 heteroatoms. The Kier molecular flexibility index (Phi) is 6.84. The molecule has 1 aliphatic rings. The third kappa shape index (κ3) is 3.95. The number of carbonyl (C=O) groups is 1. The number of halogens is 1. The van der Waals surface area contributed by atoms with Gasteiger partial charge in [0, 0.05) is 19.6 Å². The van der Waals surface area contributed by atoms with Crippen molar-refractivity contribution < 1.29 is 14.3 Å². The summed E-state index contributed by atoms with van der Waals surface area (Å²) in [6, 6.07) is 0.0352. The van der Waals surface area contributed by atoms with E-state index in [1.165, 1.54) is 0 Å². The molecule has 90 valence electrons. The van der Waals surface area contributed by atoms with Crippen LogP contribution < -0.4 is 5.73 Å². The van der Waals surface area contributed by atoms with Gasteiger partial charge in [-0.15, -0.1) is 12.4 Å². The number of amides is 1. The van der Waals surface area contributed by atoms with Gasteiger partial charge in [-0.2, -0.15) is 0 Å². The second kappa shape index (κ2) is 7.00. The molecule has 1 saturated heterocycles. The summed E-state index contributed by atoms with van der Waals surface area (Å²) >= 11 is 0. The van der Waals surface area contributed by atoms with Crippen LogP contribution in [-0.4, -0.2) is 56.4 Å². The van der Waals surface area contributed by atoms with Crippen molar-refractivity contribution in [2.24, 2.45) is 5.73 Å². The Morgan fingerprint density at radius 2 is 2.27 bits per heavy atom. The van der Waals surface area contributed by atoms with E-state index in [4.69, 9.17) is 15.2 Å². The summed E-state index contributed by atoms with van der Waals surface area (Å²) in [4.78, 5) is 13.4. The predicted molar refractivity (Wildman–Crippen MR) is 59.1 cm³/mol. The predicted octanol–water partition coefficient (Wildman–Crippen LogP) is -0.371. The first-order chi connectivity index (χ1) is 6.66. The highest BCUT2D eigenvalue weighted by atomic mass is 35.5. The van der Waals surface area contributed by atoms with Crippen LogP contribution in [0, 0.1) is 0 Å². The molecule has 5 nitrogen and oxygen atoms in total. The Balaban J connectivity index is 0.00000196. The van der Waals surface area contributed by atoms with Gasteiger partial charge >= 0.3 is 0 Å². The van der Waals surface area contributed by atoms with E-state index in [0.29, 0.717) is 26.4 Å². The van der Waals surface area contributed by atoms with E-state index in [2.05, 4.69) is 0 Å². The highest BCUT2D eigenvalue weighted by Gasteiger charge is 2.27. The smallest absolute Gasteiger partial charge is 0.254 e. The van der Waals surface area contributed by atoms with E-state index in [-0.39, 0.29) is 24.4 Å². The van der Waals surface area contributed by atoms with E-state index in [1.54, 1.807) is 11.9 Å². The number of hydrogen-bond acceptors (Lipinski definition) is 4. The second-order valence-electron chi connectivity index (χ2n) is 3.47. The maximum atomic E-state index is 11.8. The number of likely N-dealkylation sites (N-methyl/N-ethyl adjacent to an activating group) is 1. The Morgan fingerprint density at radius 1 is 1.60 bits per heavy atom. The first kappa shape index (κ1) is 14.6. The van der Waals surface area contributed by atoms with Crippen molar-refractivity contribution in [3.63, 3.8) is 0 Å². The van der Waals surface area contributed by atoms with Crippen molar-refractivity contribution in [3.05, 3.63) is 0 Å². The third-order valence-electron chi connectivity index (χ3n) is 2.44. The summed E-state index contributed by atoms with van der Waals surface area (Å²) in [6.45, 7) is 3.76. The molecule has 2 N–H and O–H groups in total. The third-order valence-corrected chi connectivity index (χ3v) is 2.44. The normalized spacial score (nSPS) is 22.7. The van der Waals surface area contributed by atoms with E-state index in [9.17, 15) is 4.79 Å². The average molecular weight is 239 g/mol. The molecule has 0 bridgehead atoms. The molecule has 0 aromatic rings. The summed E-state index contributed by atoms with van der Waals surface area (Å²) in [5, 5.41) is 0. The molecule has 0 aliphatic carbocycles. The summed E-state index contributed by atoms with van der Waals surface area (Å²) in [7, 11) is 1.73. The molecule has 0 saturated carbocycles.